The highest BCUT2D eigenvalue weighted by Crippen LogP contribution is 2.36. The first-order valence-electron chi connectivity index (χ1n) is 6.09. The average Bonchev–Trinajstić information content (AvgIpc) is 2.40. The van der Waals surface area contributed by atoms with Gasteiger partial charge in [0.1, 0.15) is 5.75 Å². The van der Waals surface area contributed by atoms with E-state index in [9.17, 15) is 5.11 Å². The minimum atomic E-state index is -0.782. The Labute approximate surface area is 102 Å². The van der Waals surface area contributed by atoms with Crippen LogP contribution in [0.3, 0.4) is 0 Å². The van der Waals surface area contributed by atoms with Gasteiger partial charge in [-0.25, -0.2) is 0 Å². The molecule has 0 aromatic heterocycles. The summed E-state index contributed by atoms with van der Waals surface area (Å²) in [7, 11) is 1.64. The number of hydrogen-bond donors (Lipinski definition) is 1. The summed E-state index contributed by atoms with van der Waals surface area (Å²) in [5.41, 5.74) is 0.168. The second kappa shape index (κ2) is 5.07. The second-order valence-electron chi connectivity index (χ2n) is 4.76. The van der Waals surface area contributed by atoms with Crippen LogP contribution in [0.2, 0.25) is 0 Å². The molecule has 0 spiro atoms. The highest BCUT2D eigenvalue weighted by Gasteiger charge is 2.34. The summed E-state index contributed by atoms with van der Waals surface area (Å²) in [4.78, 5) is 0. The van der Waals surface area contributed by atoms with Crippen LogP contribution in [0.5, 0.6) is 5.75 Å². The van der Waals surface area contributed by atoms with Crippen molar-refractivity contribution in [3.8, 4) is 5.75 Å². The first-order chi connectivity index (χ1) is 8.14. The second-order valence-corrected chi connectivity index (χ2v) is 4.76. The number of aliphatic hydroxyl groups is 1. The lowest BCUT2D eigenvalue weighted by Crippen LogP contribution is -2.35. The van der Waals surface area contributed by atoms with E-state index in [-0.39, 0.29) is 5.92 Å². The molecule has 1 fully saturated rings. The summed E-state index contributed by atoms with van der Waals surface area (Å²) >= 11 is 0. The van der Waals surface area contributed by atoms with Crippen LogP contribution in [0, 0.1) is 5.92 Å². The molecule has 1 saturated heterocycles. The molecule has 1 unspecified atom stereocenters. The SMILES string of the molecule is COc1ccc(C(C)(O)C2CCOCC2)cc1. The van der Waals surface area contributed by atoms with Gasteiger partial charge in [-0.15, -0.1) is 0 Å². The van der Waals surface area contributed by atoms with Gasteiger partial charge in [0.2, 0.25) is 0 Å². The van der Waals surface area contributed by atoms with Crippen molar-refractivity contribution in [3.63, 3.8) is 0 Å². The van der Waals surface area contributed by atoms with Crippen LogP contribution in [0.1, 0.15) is 25.3 Å². The van der Waals surface area contributed by atoms with E-state index >= 15 is 0 Å². The third kappa shape index (κ3) is 2.61. The Bertz CT molecular complexity index is 350. The third-order valence-corrected chi connectivity index (χ3v) is 3.69. The lowest BCUT2D eigenvalue weighted by molar-refractivity contribution is -0.0579. The summed E-state index contributed by atoms with van der Waals surface area (Å²) in [6, 6.07) is 7.66. The van der Waals surface area contributed by atoms with Gasteiger partial charge in [0, 0.05) is 13.2 Å². The van der Waals surface area contributed by atoms with Crippen molar-refractivity contribution in [1.29, 1.82) is 0 Å². The van der Waals surface area contributed by atoms with E-state index < -0.39 is 5.60 Å². The van der Waals surface area contributed by atoms with Crippen LogP contribution in [-0.4, -0.2) is 25.4 Å². The van der Waals surface area contributed by atoms with E-state index in [1.54, 1.807) is 7.11 Å². The summed E-state index contributed by atoms with van der Waals surface area (Å²) in [5.74, 6) is 1.08. The molecule has 1 aromatic carbocycles. The minimum Gasteiger partial charge on any atom is -0.497 e. The Morgan fingerprint density at radius 2 is 1.82 bits per heavy atom. The molecule has 1 N–H and O–H groups in total. The zero-order valence-electron chi connectivity index (χ0n) is 10.5. The molecular formula is C14H20O3. The van der Waals surface area contributed by atoms with E-state index in [4.69, 9.17) is 9.47 Å². The summed E-state index contributed by atoms with van der Waals surface area (Å²) < 4.78 is 10.5. The zero-order valence-corrected chi connectivity index (χ0v) is 10.5. The van der Waals surface area contributed by atoms with Crippen LogP contribution in [0.15, 0.2) is 24.3 Å². The summed E-state index contributed by atoms with van der Waals surface area (Å²) in [6.07, 6.45) is 1.83. The molecule has 3 heteroatoms. The molecule has 1 aliphatic rings. The molecule has 0 radical (unpaired) electrons. The zero-order chi connectivity index (χ0) is 12.3. The number of methoxy groups -OCH3 is 1. The molecule has 0 aliphatic carbocycles. The van der Waals surface area contributed by atoms with Crippen LogP contribution in [0.25, 0.3) is 0 Å². The van der Waals surface area contributed by atoms with Crippen molar-refractivity contribution in [2.75, 3.05) is 20.3 Å². The lowest BCUT2D eigenvalue weighted by Gasteiger charge is -2.36. The van der Waals surface area contributed by atoms with Crippen molar-refractivity contribution in [2.24, 2.45) is 5.92 Å². The molecule has 94 valence electrons. The smallest absolute Gasteiger partial charge is 0.118 e. The van der Waals surface area contributed by atoms with Gasteiger partial charge in [-0.2, -0.15) is 0 Å². The molecule has 1 atom stereocenters. The molecule has 1 aromatic rings. The largest absolute Gasteiger partial charge is 0.497 e. The van der Waals surface area contributed by atoms with Gasteiger partial charge in [-0.3, -0.25) is 0 Å². The van der Waals surface area contributed by atoms with Crippen molar-refractivity contribution in [1.82, 2.24) is 0 Å². The Hall–Kier alpha value is -1.06. The fraction of sp³-hybridized carbons (Fsp3) is 0.571. The molecule has 0 saturated carbocycles. The van der Waals surface area contributed by atoms with Crippen molar-refractivity contribution in [3.05, 3.63) is 29.8 Å². The quantitative estimate of drug-likeness (QED) is 0.875. The Kier molecular flexibility index (Phi) is 3.69. The number of hydrogen-bond acceptors (Lipinski definition) is 3. The van der Waals surface area contributed by atoms with Gasteiger partial charge in [-0.05, 0) is 43.4 Å². The van der Waals surface area contributed by atoms with Gasteiger partial charge >= 0.3 is 0 Å². The van der Waals surface area contributed by atoms with Gasteiger partial charge < -0.3 is 14.6 Å². The Balaban J connectivity index is 2.17. The minimum absolute atomic E-state index is 0.268. The first-order valence-corrected chi connectivity index (χ1v) is 6.09. The van der Waals surface area contributed by atoms with Crippen LogP contribution < -0.4 is 4.74 Å². The molecule has 0 amide bonds. The first kappa shape index (κ1) is 12.4. The van der Waals surface area contributed by atoms with Crippen molar-refractivity contribution in [2.45, 2.75) is 25.4 Å². The molecule has 2 rings (SSSR count). The fourth-order valence-corrected chi connectivity index (χ4v) is 2.42. The van der Waals surface area contributed by atoms with Crippen LogP contribution in [-0.2, 0) is 10.3 Å². The van der Waals surface area contributed by atoms with Gasteiger partial charge in [0.05, 0.1) is 12.7 Å². The predicted octanol–water partition coefficient (Wildman–Crippen LogP) is 2.33. The molecule has 3 nitrogen and oxygen atoms in total. The van der Waals surface area contributed by atoms with Gasteiger partial charge in [0.15, 0.2) is 0 Å². The number of benzene rings is 1. The topological polar surface area (TPSA) is 38.7 Å². The third-order valence-electron chi connectivity index (χ3n) is 3.69. The van der Waals surface area contributed by atoms with Crippen LogP contribution >= 0.6 is 0 Å². The van der Waals surface area contributed by atoms with E-state index in [1.165, 1.54) is 0 Å². The van der Waals surface area contributed by atoms with E-state index in [1.807, 2.05) is 31.2 Å². The van der Waals surface area contributed by atoms with E-state index in [0.29, 0.717) is 0 Å². The monoisotopic (exact) mass is 236 g/mol. The highest BCUT2D eigenvalue weighted by molar-refractivity contribution is 5.31. The molecule has 1 heterocycles. The average molecular weight is 236 g/mol. The maximum atomic E-state index is 10.7. The predicted molar refractivity (Wildman–Crippen MR) is 66.1 cm³/mol. The molecule has 0 bridgehead atoms. The van der Waals surface area contributed by atoms with Gasteiger partial charge in [-0.1, -0.05) is 12.1 Å². The maximum Gasteiger partial charge on any atom is 0.118 e. The van der Waals surface area contributed by atoms with Crippen LogP contribution in [0.4, 0.5) is 0 Å². The molecule has 1 aliphatic heterocycles. The number of ether oxygens (including phenoxy) is 2. The highest BCUT2D eigenvalue weighted by atomic mass is 16.5. The summed E-state index contributed by atoms with van der Waals surface area (Å²) in [5, 5.41) is 10.7. The fourth-order valence-electron chi connectivity index (χ4n) is 2.42. The lowest BCUT2D eigenvalue weighted by atomic mass is 9.78. The maximum absolute atomic E-state index is 10.7. The van der Waals surface area contributed by atoms with Gasteiger partial charge in [0.25, 0.3) is 0 Å². The standard InChI is InChI=1S/C14H20O3/c1-14(15,12-7-9-17-10-8-12)11-3-5-13(16-2)6-4-11/h3-6,12,15H,7-10H2,1-2H3. The van der Waals surface area contributed by atoms with E-state index in [0.717, 1.165) is 37.4 Å². The van der Waals surface area contributed by atoms with E-state index in [2.05, 4.69) is 0 Å². The normalized spacial score (nSPS) is 20.9. The Morgan fingerprint density at radius 3 is 2.35 bits per heavy atom. The van der Waals surface area contributed by atoms with Crippen molar-refractivity contribution >= 4 is 0 Å². The molecular weight excluding hydrogens is 216 g/mol. The Morgan fingerprint density at radius 1 is 1.24 bits per heavy atom. The van der Waals surface area contributed by atoms with Crippen molar-refractivity contribution < 1.29 is 14.6 Å². The summed E-state index contributed by atoms with van der Waals surface area (Å²) in [6.45, 7) is 3.39. The number of rotatable bonds is 3. The molecule has 17 heavy (non-hydrogen) atoms.